The van der Waals surface area contributed by atoms with Gasteiger partial charge in [-0.2, -0.15) is 13.2 Å². The van der Waals surface area contributed by atoms with Gasteiger partial charge in [0.1, 0.15) is 5.69 Å². The van der Waals surface area contributed by atoms with E-state index in [1.54, 1.807) is 5.38 Å². The van der Waals surface area contributed by atoms with E-state index in [9.17, 15) is 18.0 Å². The van der Waals surface area contributed by atoms with Crippen molar-refractivity contribution in [3.63, 3.8) is 0 Å². The van der Waals surface area contributed by atoms with Crippen LogP contribution in [0.15, 0.2) is 11.4 Å². The number of halogens is 3. The molecule has 0 aliphatic heterocycles. The molecule has 0 unspecified atom stereocenters. The highest BCUT2D eigenvalue weighted by molar-refractivity contribution is 7.17. The summed E-state index contributed by atoms with van der Waals surface area (Å²) in [7, 11) is 0. The molecule has 0 saturated carbocycles. The molecule has 2 aromatic rings. The Morgan fingerprint density at radius 2 is 2.07 bits per heavy atom. The van der Waals surface area contributed by atoms with Crippen LogP contribution in [0.4, 0.5) is 13.2 Å². The van der Waals surface area contributed by atoms with Gasteiger partial charge in [0, 0.05) is 0 Å². The van der Waals surface area contributed by atoms with Gasteiger partial charge in [-0.15, -0.1) is 11.3 Å². The number of hydrogen-bond acceptors (Lipinski definition) is 4. The van der Waals surface area contributed by atoms with Crippen LogP contribution in [0.3, 0.4) is 0 Å². The molecule has 78 valence electrons. The van der Waals surface area contributed by atoms with E-state index in [1.807, 2.05) is 0 Å². The van der Waals surface area contributed by atoms with Crippen LogP contribution in [0.5, 0.6) is 0 Å². The molecule has 2 rings (SSSR count). The number of aldehydes is 1. The fourth-order valence-electron chi connectivity index (χ4n) is 1.09. The van der Waals surface area contributed by atoms with Gasteiger partial charge in [0.2, 0.25) is 5.82 Å². The molecule has 2 heterocycles. The van der Waals surface area contributed by atoms with Crippen molar-refractivity contribution in [1.29, 1.82) is 0 Å². The first-order valence-corrected chi connectivity index (χ1v) is 4.68. The molecule has 0 radical (unpaired) electrons. The second kappa shape index (κ2) is 3.27. The number of carbonyl (C=O) groups excluding carboxylic acids is 1. The zero-order valence-electron chi connectivity index (χ0n) is 7.08. The Morgan fingerprint density at radius 1 is 1.33 bits per heavy atom. The standard InChI is InChI=1S/C8H3F3N2OS/c9-8(10,11)7-12-4-1-2-15-6(4)5(3-14)13-7/h1-3H. The lowest BCUT2D eigenvalue weighted by molar-refractivity contribution is -0.144. The van der Waals surface area contributed by atoms with E-state index >= 15 is 0 Å². The number of carbonyl (C=O) groups is 1. The van der Waals surface area contributed by atoms with Crippen molar-refractivity contribution >= 4 is 27.8 Å². The number of nitrogens with zero attached hydrogens (tertiary/aromatic N) is 2. The van der Waals surface area contributed by atoms with E-state index in [0.29, 0.717) is 11.0 Å². The molecule has 0 fully saturated rings. The molecule has 0 atom stereocenters. The number of aromatic nitrogens is 2. The fraction of sp³-hybridized carbons (Fsp3) is 0.125. The Hall–Kier alpha value is -1.50. The van der Waals surface area contributed by atoms with Crippen molar-refractivity contribution in [1.82, 2.24) is 9.97 Å². The van der Waals surface area contributed by atoms with Crippen molar-refractivity contribution in [3.05, 3.63) is 23.0 Å². The third-order valence-electron chi connectivity index (χ3n) is 1.69. The number of fused-ring (bicyclic) bond motifs is 1. The van der Waals surface area contributed by atoms with Crippen LogP contribution in [0.1, 0.15) is 16.3 Å². The lowest BCUT2D eigenvalue weighted by atomic mass is 10.3. The monoisotopic (exact) mass is 232 g/mol. The van der Waals surface area contributed by atoms with Crippen molar-refractivity contribution in [3.8, 4) is 0 Å². The molecule has 0 N–H and O–H groups in total. The molecule has 2 aromatic heterocycles. The van der Waals surface area contributed by atoms with E-state index in [-0.39, 0.29) is 11.2 Å². The molecule has 0 saturated heterocycles. The van der Waals surface area contributed by atoms with Crippen molar-refractivity contribution < 1.29 is 18.0 Å². The largest absolute Gasteiger partial charge is 0.451 e. The van der Waals surface area contributed by atoms with E-state index in [4.69, 9.17) is 0 Å². The van der Waals surface area contributed by atoms with E-state index in [0.717, 1.165) is 11.3 Å². The molecule has 0 bridgehead atoms. The summed E-state index contributed by atoms with van der Waals surface area (Å²) in [6.45, 7) is 0. The first kappa shape index (κ1) is 10.0. The molecule has 0 aliphatic rings. The van der Waals surface area contributed by atoms with Gasteiger partial charge in [-0.1, -0.05) is 0 Å². The fourth-order valence-corrected chi connectivity index (χ4v) is 1.87. The van der Waals surface area contributed by atoms with Gasteiger partial charge in [0.25, 0.3) is 0 Å². The molecule has 15 heavy (non-hydrogen) atoms. The predicted molar refractivity (Wildman–Crippen MR) is 47.8 cm³/mol. The lowest BCUT2D eigenvalue weighted by Gasteiger charge is -2.04. The average molecular weight is 232 g/mol. The quantitative estimate of drug-likeness (QED) is 0.709. The number of rotatable bonds is 1. The summed E-state index contributed by atoms with van der Waals surface area (Å²) in [5.41, 5.74) is -0.0771. The Balaban J connectivity index is 2.74. The predicted octanol–water partition coefficient (Wildman–Crippen LogP) is 2.52. The van der Waals surface area contributed by atoms with Gasteiger partial charge in [-0.25, -0.2) is 9.97 Å². The van der Waals surface area contributed by atoms with Crippen LogP contribution < -0.4 is 0 Å². The van der Waals surface area contributed by atoms with Crippen LogP contribution in [0.25, 0.3) is 10.2 Å². The molecule has 0 aliphatic carbocycles. The molecule has 7 heteroatoms. The smallest absolute Gasteiger partial charge is 0.296 e. The van der Waals surface area contributed by atoms with Crippen LogP contribution in [0.2, 0.25) is 0 Å². The first-order valence-electron chi connectivity index (χ1n) is 3.80. The van der Waals surface area contributed by atoms with Gasteiger partial charge in [-0.3, -0.25) is 4.79 Å². The average Bonchev–Trinajstić information content (AvgIpc) is 2.62. The third kappa shape index (κ3) is 1.70. The van der Waals surface area contributed by atoms with Crippen molar-refractivity contribution in [2.24, 2.45) is 0 Å². The highest BCUT2D eigenvalue weighted by Crippen LogP contribution is 2.29. The minimum atomic E-state index is -4.63. The van der Waals surface area contributed by atoms with Crippen LogP contribution in [-0.2, 0) is 6.18 Å². The highest BCUT2D eigenvalue weighted by atomic mass is 32.1. The first-order chi connectivity index (χ1) is 7.02. The summed E-state index contributed by atoms with van der Waals surface area (Å²) < 4.78 is 37.3. The van der Waals surface area contributed by atoms with Gasteiger partial charge in [0.15, 0.2) is 6.29 Å². The summed E-state index contributed by atoms with van der Waals surface area (Å²) >= 11 is 1.13. The van der Waals surface area contributed by atoms with Gasteiger partial charge < -0.3 is 0 Å². The maximum atomic E-state index is 12.3. The summed E-state index contributed by atoms with van der Waals surface area (Å²) in [4.78, 5) is 17.0. The van der Waals surface area contributed by atoms with Gasteiger partial charge in [0.05, 0.1) is 10.2 Å². The SMILES string of the molecule is O=Cc1nc(C(F)(F)F)nc2ccsc12. The molecular weight excluding hydrogens is 229 g/mol. The topological polar surface area (TPSA) is 42.9 Å². The molecule has 0 aromatic carbocycles. The lowest BCUT2D eigenvalue weighted by Crippen LogP contribution is -2.12. The van der Waals surface area contributed by atoms with Crippen LogP contribution in [-0.4, -0.2) is 16.3 Å². The highest BCUT2D eigenvalue weighted by Gasteiger charge is 2.35. The molecule has 3 nitrogen and oxygen atoms in total. The Morgan fingerprint density at radius 3 is 2.67 bits per heavy atom. The molecular formula is C8H3F3N2OS. The van der Waals surface area contributed by atoms with Crippen molar-refractivity contribution in [2.75, 3.05) is 0 Å². The Bertz CT molecular complexity index is 520. The zero-order chi connectivity index (χ0) is 11.1. The normalized spacial score (nSPS) is 11.9. The summed E-state index contributed by atoms with van der Waals surface area (Å²) in [5.74, 6) is -1.28. The summed E-state index contributed by atoms with van der Waals surface area (Å²) in [6.07, 6.45) is -4.33. The van der Waals surface area contributed by atoms with E-state index < -0.39 is 12.0 Å². The zero-order valence-corrected chi connectivity index (χ0v) is 7.89. The molecule has 0 amide bonds. The maximum absolute atomic E-state index is 12.3. The third-order valence-corrected chi connectivity index (χ3v) is 2.62. The Labute approximate surface area is 85.6 Å². The Kier molecular flexibility index (Phi) is 2.18. The summed E-state index contributed by atoms with van der Waals surface area (Å²) in [5, 5.41) is 1.56. The van der Waals surface area contributed by atoms with E-state index in [2.05, 4.69) is 9.97 Å². The van der Waals surface area contributed by atoms with Crippen molar-refractivity contribution in [2.45, 2.75) is 6.18 Å². The number of alkyl halides is 3. The second-order valence-corrected chi connectivity index (χ2v) is 3.60. The van der Waals surface area contributed by atoms with E-state index in [1.165, 1.54) is 6.07 Å². The second-order valence-electron chi connectivity index (χ2n) is 2.68. The van der Waals surface area contributed by atoms with Crippen LogP contribution in [0, 0.1) is 0 Å². The minimum absolute atomic E-state index is 0.143. The van der Waals surface area contributed by atoms with Gasteiger partial charge >= 0.3 is 6.18 Å². The minimum Gasteiger partial charge on any atom is -0.296 e. The number of hydrogen-bond donors (Lipinski definition) is 0. The number of thiophene rings is 1. The summed E-state index contributed by atoms with van der Waals surface area (Å²) in [6, 6.07) is 1.42. The maximum Gasteiger partial charge on any atom is 0.451 e. The van der Waals surface area contributed by atoms with Gasteiger partial charge in [-0.05, 0) is 11.4 Å². The molecule has 0 spiro atoms. The van der Waals surface area contributed by atoms with Crippen LogP contribution >= 0.6 is 11.3 Å².